The average Bonchev–Trinajstić information content (AvgIpc) is 3.18. The predicted molar refractivity (Wildman–Crippen MR) is 91.4 cm³/mol. The van der Waals surface area contributed by atoms with Gasteiger partial charge in [-0.3, -0.25) is 4.79 Å². The lowest BCUT2D eigenvalue weighted by molar-refractivity contribution is -0.117. The lowest BCUT2D eigenvalue weighted by atomic mass is 10.1. The Labute approximate surface area is 143 Å². The summed E-state index contributed by atoms with van der Waals surface area (Å²) >= 11 is 0. The van der Waals surface area contributed by atoms with Crippen LogP contribution in [-0.2, 0) is 20.8 Å². The van der Waals surface area contributed by atoms with Gasteiger partial charge >= 0.3 is 0 Å². The number of hydrogen-bond acceptors (Lipinski definition) is 4. The molecule has 6 heteroatoms. The summed E-state index contributed by atoms with van der Waals surface area (Å²) < 4.78 is 12.7. The van der Waals surface area contributed by atoms with Crippen LogP contribution in [-0.4, -0.2) is 43.4 Å². The van der Waals surface area contributed by atoms with Gasteiger partial charge in [0.2, 0.25) is 0 Å². The molecule has 2 rings (SSSR count). The Morgan fingerprint density at radius 3 is 3.00 bits per heavy atom. The van der Waals surface area contributed by atoms with Crippen LogP contribution in [0.1, 0.15) is 29.8 Å². The summed E-state index contributed by atoms with van der Waals surface area (Å²) in [6.07, 6.45) is 3.69. The Morgan fingerprint density at radius 1 is 1.58 bits per heavy atom. The highest BCUT2D eigenvalue weighted by Gasteiger charge is 2.18. The third-order valence-electron chi connectivity index (χ3n) is 4.31. The van der Waals surface area contributed by atoms with E-state index in [1.165, 1.54) is 0 Å². The Kier molecular flexibility index (Phi) is 6.59. The molecule has 1 aliphatic heterocycles. The highest BCUT2D eigenvalue weighted by Crippen LogP contribution is 2.18. The molecule has 0 saturated carbocycles. The monoisotopic (exact) mass is 331 g/mol. The van der Waals surface area contributed by atoms with E-state index >= 15 is 0 Å². The summed E-state index contributed by atoms with van der Waals surface area (Å²) in [6.45, 7) is 6.54. The van der Waals surface area contributed by atoms with E-state index in [-0.39, 0.29) is 17.6 Å². The van der Waals surface area contributed by atoms with Crippen LogP contribution >= 0.6 is 0 Å². The van der Waals surface area contributed by atoms with Gasteiger partial charge in [0, 0.05) is 38.2 Å². The summed E-state index contributed by atoms with van der Waals surface area (Å²) in [5.74, 6) is -0.352. The summed E-state index contributed by atoms with van der Waals surface area (Å²) in [6, 6.07) is 3.98. The van der Waals surface area contributed by atoms with Crippen LogP contribution in [0.3, 0.4) is 0 Å². The van der Waals surface area contributed by atoms with Crippen molar-refractivity contribution in [2.45, 2.75) is 39.3 Å². The van der Waals surface area contributed by atoms with Crippen LogP contribution in [0.5, 0.6) is 0 Å². The van der Waals surface area contributed by atoms with Gasteiger partial charge in [-0.15, -0.1) is 0 Å². The summed E-state index contributed by atoms with van der Waals surface area (Å²) in [5.41, 5.74) is 3.09. The van der Waals surface area contributed by atoms with Crippen LogP contribution in [0, 0.1) is 25.2 Å². The molecule has 2 heterocycles. The van der Waals surface area contributed by atoms with Crippen molar-refractivity contribution in [3.63, 3.8) is 0 Å². The molecule has 1 fully saturated rings. The van der Waals surface area contributed by atoms with Gasteiger partial charge in [0.1, 0.15) is 11.6 Å². The van der Waals surface area contributed by atoms with Crippen LogP contribution in [0.4, 0.5) is 0 Å². The molecule has 1 aromatic rings. The third-order valence-corrected chi connectivity index (χ3v) is 4.31. The Hall–Kier alpha value is -2.10. The minimum Gasteiger partial charge on any atom is -0.383 e. The highest BCUT2D eigenvalue weighted by molar-refractivity contribution is 6.01. The molecule has 1 aliphatic rings. The van der Waals surface area contributed by atoms with Gasteiger partial charge in [0.15, 0.2) is 0 Å². The number of nitrogens with zero attached hydrogens (tertiary/aromatic N) is 2. The van der Waals surface area contributed by atoms with Crippen molar-refractivity contribution in [1.82, 2.24) is 9.88 Å². The number of ether oxygens (including phenoxy) is 2. The third kappa shape index (κ3) is 4.47. The molecule has 0 bridgehead atoms. The molecule has 6 nitrogen and oxygen atoms in total. The van der Waals surface area contributed by atoms with E-state index in [4.69, 9.17) is 9.47 Å². The molecule has 0 spiro atoms. The smallest absolute Gasteiger partial charge is 0.262 e. The second-order valence-corrected chi connectivity index (χ2v) is 5.99. The van der Waals surface area contributed by atoms with Crippen LogP contribution in [0.15, 0.2) is 11.6 Å². The van der Waals surface area contributed by atoms with Crippen molar-refractivity contribution in [1.29, 1.82) is 5.26 Å². The largest absolute Gasteiger partial charge is 0.383 e. The molecule has 1 N–H and O–H groups in total. The highest BCUT2D eigenvalue weighted by atomic mass is 16.5. The Morgan fingerprint density at radius 2 is 2.38 bits per heavy atom. The minimum atomic E-state index is -0.352. The number of aryl methyl sites for hydroxylation is 1. The van der Waals surface area contributed by atoms with Crippen molar-refractivity contribution in [3.05, 3.63) is 28.6 Å². The standard InChI is InChI=1S/C18H25N3O3/c1-13-9-15(14(2)21(13)6-8-23-3)10-16(11-19)18(22)20-12-17-5-4-7-24-17/h9-10,17H,4-8,12H2,1-3H3,(H,20,22)/b16-10+/t17-/m0/s1. The fourth-order valence-corrected chi connectivity index (χ4v) is 2.91. The molecule has 0 aliphatic carbocycles. The molecular weight excluding hydrogens is 306 g/mol. The molecule has 1 saturated heterocycles. The second-order valence-electron chi connectivity index (χ2n) is 5.99. The second kappa shape index (κ2) is 8.67. The first-order valence-electron chi connectivity index (χ1n) is 8.24. The van der Waals surface area contributed by atoms with Crippen LogP contribution < -0.4 is 5.32 Å². The molecule has 1 amide bonds. The maximum absolute atomic E-state index is 12.2. The maximum atomic E-state index is 12.2. The topological polar surface area (TPSA) is 76.3 Å². The molecular formula is C18H25N3O3. The summed E-state index contributed by atoms with van der Waals surface area (Å²) in [4.78, 5) is 12.2. The van der Waals surface area contributed by atoms with E-state index in [0.717, 1.165) is 42.9 Å². The van der Waals surface area contributed by atoms with E-state index in [0.29, 0.717) is 13.2 Å². The molecule has 0 unspecified atom stereocenters. The lowest BCUT2D eigenvalue weighted by Crippen LogP contribution is -2.32. The lowest BCUT2D eigenvalue weighted by Gasteiger charge is -2.10. The van der Waals surface area contributed by atoms with Crippen LogP contribution in [0.2, 0.25) is 0 Å². The number of aromatic nitrogens is 1. The number of nitriles is 1. The summed E-state index contributed by atoms with van der Waals surface area (Å²) in [7, 11) is 1.67. The van der Waals surface area contributed by atoms with Gasteiger partial charge in [0.05, 0.1) is 12.7 Å². The van der Waals surface area contributed by atoms with Gasteiger partial charge in [-0.05, 0) is 44.4 Å². The first kappa shape index (κ1) is 18.2. The molecule has 0 radical (unpaired) electrons. The SMILES string of the molecule is COCCn1c(C)cc(/C=C(\C#N)C(=O)NC[C@@H]2CCCO2)c1C. The van der Waals surface area contributed by atoms with Gasteiger partial charge in [-0.25, -0.2) is 0 Å². The van der Waals surface area contributed by atoms with Crippen molar-refractivity contribution in [2.75, 3.05) is 26.9 Å². The number of amides is 1. The van der Waals surface area contributed by atoms with E-state index in [1.807, 2.05) is 26.0 Å². The zero-order valence-electron chi connectivity index (χ0n) is 14.6. The number of carbonyl (C=O) groups excluding carboxylic acids is 1. The number of hydrogen-bond donors (Lipinski definition) is 1. The first-order valence-corrected chi connectivity index (χ1v) is 8.24. The summed E-state index contributed by atoms with van der Waals surface area (Å²) in [5, 5.41) is 12.1. The molecule has 24 heavy (non-hydrogen) atoms. The van der Waals surface area contributed by atoms with Gasteiger partial charge in [-0.2, -0.15) is 5.26 Å². The molecule has 1 aromatic heterocycles. The zero-order chi connectivity index (χ0) is 17.5. The van der Waals surface area contributed by atoms with Crippen molar-refractivity contribution in [3.8, 4) is 6.07 Å². The number of nitrogens with one attached hydrogen (secondary N) is 1. The zero-order valence-corrected chi connectivity index (χ0v) is 14.6. The van der Waals surface area contributed by atoms with Crippen molar-refractivity contribution >= 4 is 12.0 Å². The minimum absolute atomic E-state index is 0.0630. The normalized spacial score (nSPS) is 17.8. The van der Waals surface area contributed by atoms with Gasteiger partial charge < -0.3 is 19.4 Å². The maximum Gasteiger partial charge on any atom is 0.262 e. The molecule has 0 aromatic carbocycles. The average molecular weight is 331 g/mol. The van der Waals surface area contributed by atoms with E-state index in [2.05, 4.69) is 9.88 Å². The fourth-order valence-electron chi connectivity index (χ4n) is 2.91. The predicted octanol–water partition coefficient (Wildman–Crippen LogP) is 1.95. The quantitative estimate of drug-likeness (QED) is 0.612. The number of rotatable bonds is 7. The van der Waals surface area contributed by atoms with Crippen LogP contribution in [0.25, 0.3) is 6.08 Å². The van der Waals surface area contributed by atoms with Gasteiger partial charge in [0.25, 0.3) is 5.91 Å². The van der Waals surface area contributed by atoms with E-state index in [1.54, 1.807) is 13.2 Å². The number of carbonyl (C=O) groups is 1. The Bertz CT molecular complexity index is 649. The Balaban J connectivity index is 2.08. The van der Waals surface area contributed by atoms with E-state index < -0.39 is 0 Å². The molecule has 130 valence electrons. The van der Waals surface area contributed by atoms with E-state index in [9.17, 15) is 10.1 Å². The fraction of sp³-hybridized carbons (Fsp3) is 0.556. The number of methoxy groups -OCH3 is 1. The molecule has 1 atom stereocenters. The first-order chi connectivity index (χ1) is 11.6. The van der Waals surface area contributed by atoms with Crippen molar-refractivity contribution < 1.29 is 14.3 Å². The van der Waals surface area contributed by atoms with Gasteiger partial charge in [-0.1, -0.05) is 0 Å². The van der Waals surface area contributed by atoms with Crippen molar-refractivity contribution in [2.24, 2.45) is 0 Å².